The van der Waals surface area contributed by atoms with Crippen molar-refractivity contribution >= 4 is 0 Å². The van der Waals surface area contributed by atoms with Gasteiger partial charge in [0.1, 0.15) is 5.75 Å². The van der Waals surface area contributed by atoms with Crippen molar-refractivity contribution in [2.24, 2.45) is 0 Å². The highest BCUT2D eigenvalue weighted by Crippen LogP contribution is 2.12. The maximum Gasteiger partial charge on any atom is 0.212 e. The Kier molecular flexibility index (Phi) is 2.40. The van der Waals surface area contributed by atoms with Gasteiger partial charge in [0.25, 0.3) is 0 Å². The Balaban J connectivity index is 2.05. The normalized spacial score (nSPS) is 14.6. The van der Waals surface area contributed by atoms with Crippen molar-refractivity contribution in [2.75, 3.05) is 7.05 Å². The lowest BCUT2D eigenvalue weighted by Crippen LogP contribution is -2.32. The summed E-state index contributed by atoms with van der Waals surface area (Å²) in [6, 6.07) is 9.68. The van der Waals surface area contributed by atoms with E-state index in [9.17, 15) is 0 Å². The standard InChI is InChI=1S/C11H12N2O/c1-13-9-5-8-11(12-13)14-10-6-3-2-4-7-10/h2-9,12H,1H3. The number of rotatable bonds is 2. The molecule has 2 rings (SSSR count). The van der Waals surface area contributed by atoms with E-state index in [-0.39, 0.29) is 0 Å². The lowest BCUT2D eigenvalue weighted by molar-refractivity contribution is 0.263. The lowest BCUT2D eigenvalue weighted by Gasteiger charge is -2.22. The number of hydrogen-bond acceptors (Lipinski definition) is 3. The Morgan fingerprint density at radius 3 is 2.71 bits per heavy atom. The van der Waals surface area contributed by atoms with E-state index in [0.717, 1.165) is 11.6 Å². The molecular formula is C11H12N2O. The number of benzene rings is 1. The minimum atomic E-state index is 0.723. The molecule has 0 amide bonds. The highest BCUT2D eigenvalue weighted by atomic mass is 16.5. The molecule has 1 aliphatic rings. The van der Waals surface area contributed by atoms with E-state index in [1.807, 2.05) is 60.7 Å². The zero-order valence-electron chi connectivity index (χ0n) is 7.97. The van der Waals surface area contributed by atoms with E-state index >= 15 is 0 Å². The number of para-hydroxylation sites is 1. The Bertz CT molecular complexity index is 357. The quantitative estimate of drug-likeness (QED) is 0.766. The van der Waals surface area contributed by atoms with E-state index in [2.05, 4.69) is 5.43 Å². The molecule has 1 aromatic carbocycles. The largest absolute Gasteiger partial charge is 0.440 e. The third-order valence-electron chi connectivity index (χ3n) is 1.81. The molecule has 72 valence electrons. The van der Waals surface area contributed by atoms with Gasteiger partial charge in [-0.15, -0.1) is 0 Å². The summed E-state index contributed by atoms with van der Waals surface area (Å²) in [7, 11) is 1.91. The molecule has 1 aliphatic heterocycles. The molecular weight excluding hydrogens is 176 g/mol. The van der Waals surface area contributed by atoms with Crippen LogP contribution in [0.25, 0.3) is 0 Å². The first-order valence-corrected chi connectivity index (χ1v) is 4.45. The molecule has 0 atom stereocenters. The molecule has 0 unspecified atom stereocenters. The summed E-state index contributed by atoms with van der Waals surface area (Å²) < 4.78 is 5.58. The smallest absolute Gasteiger partial charge is 0.212 e. The van der Waals surface area contributed by atoms with Crippen molar-refractivity contribution in [1.82, 2.24) is 10.4 Å². The third-order valence-corrected chi connectivity index (χ3v) is 1.81. The third kappa shape index (κ3) is 2.07. The second-order valence-corrected chi connectivity index (χ2v) is 3.01. The molecule has 3 heteroatoms. The SMILES string of the molecule is CN1C=CC=C(Oc2ccccc2)N1. The number of nitrogens with one attached hydrogen (secondary N) is 1. The van der Waals surface area contributed by atoms with Gasteiger partial charge in [0.2, 0.25) is 5.88 Å². The Morgan fingerprint density at radius 1 is 1.21 bits per heavy atom. The van der Waals surface area contributed by atoms with Crippen molar-refractivity contribution in [3.05, 3.63) is 54.6 Å². The number of nitrogens with zero attached hydrogens (tertiary/aromatic N) is 1. The second-order valence-electron chi connectivity index (χ2n) is 3.01. The van der Waals surface area contributed by atoms with Gasteiger partial charge >= 0.3 is 0 Å². The maximum absolute atomic E-state index is 5.58. The van der Waals surface area contributed by atoms with Crippen LogP contribution in [0.3, 0.4) is 0 Å². The van der Waals surface area contributed by atoms with Gasteiger partial charge < -0.3 is 4.74 Å². The van der Waals surface area contributed by atoms with Gasteiger partial charge in [0.05, 0.1) is 0 Å². The second kappa shape index (κ2) is 3.87. The molecule has 3 nitrogen and oxygen atoms in total. The van der Waals surface area contributed by atoms with Crippen molar-refractivity contribution in [1.29, 1.82) is 0 Å². The minimum absolute atomic E-state index is 0.723. The van der Waals surface area contributed by atoms with E-state index in [1.165, 1.54) is 0 Å². The molecule has 1 heterocycles. The molecule has 0 radical (unpaired) electrons. The van der Waals surface area contributed by atoms with Gasteiger partial charge in [-0.25, -0.2) is 0 Å². The van der Waals surface area contributed by atoms with Gasteiger partial charge in [0, 0.05) is 19.3 Å². The first-order valence-electron chi connectivity index (χ1n) is 4.45. The zero-order valence-corrected chi connectivity index (χ0v) is 7.97. The van der Waals surface area contributed by atoms with Crippen LogP contribution >= 0.6 is 0 Å². The summed E-state index contributed by atoms with van der Waals surface area (Å²) in [5, 5.41) is 1.83. The van der Waals surface area contributed by atoms with Crippen LogP contribution in [-0.2, 0) is 0 Å². The van der Waals surface area contributed by atoms with Gasteiger partial charge in [-0.3, -0.25) is 10.4 Å². The monoisotopic (exact) mass is 188 g/mol. The van der Waals surface area contributed by atoms with Crippen LogP contribution < -0.4 is 10.2 Å². The molecule has 0 spiro atoms. The van der Waals surface area contributed by atoms with Crippen molar-refractivity contribution in [2.45, 2.75) is 0 Å². The van der Waals surface area contributed by atoms with Crippen LogP contribution in [0.4, 0.5) is 0 Å². The fraction of sp³-hybridized carbons (Fsp3) is 0.0909. The molecule has 1 N–H and O–H groups in total. The molecule has 0 aromatic heterocycles. The average Bonchev–Trinajstić information content (AvgIpc) is 2.19. The molecule has 0 fully saturated rings. The summed E-state index contributed by atoms with van der Waals surface area (Å²) in [4.78, 5) is 0. The van der Waals surface area contributed by atoms with Gasteiger partial charge in [-0.05, 0) is 18.2 Å². The first kappa shape index (κ1) is 8.69. The summed E-state index contributed by atoms with van der Waals surface area (Å²) in [6.45, 7) is 0. The highest BCUT2D eigenvalue weighted by molar-refractivity contribution is 5.24. The van der Waals surface area contributed by atoms with Crippen LogP contribution in [0.1, 0.15) is 0 Å². The number of allylic oxidation sites excluding steroid dienone is 2. The van der Waals surface area contributed by atoms with Gasteiger partial charge in [-0.1, -0.05) is 18.2 Å². The molecule has 0 saturated carbocycles. The predicted octanol–water partition coefficient (Wildman–Crippen LogP) is 1.87. The number of ether oxygens (including phenoxy) is 1. The van der Waals surface area contributed by atoms with Crippen LogP contribution in [0.15, 0.2) is 54.6 Å². The Morgan fingerprint density at radius 2 is 2.00 bits per heavy atom. The molecule has 0 aliphatic carbocycles. The number of hydrazine groups is 1. The maximum atomic E-state index is 5.58. The molecule has 0 bridgehead atoms. The van der Waals surface area contributed by atoms with Gasteiger partial charge in [0.15, 0.2) is 0 Å². The van der Waals surface area contributed by atoms with Crippen LogP contribution in [0.2, 0.25) is 0 Å². The van der Waals surface area contributed by atoms with E-state index in [1.54, 1.807) is 0 Å². The molecule has 1 aromatic rings. The summed E-state index contributed by atoms with van der Waals surface area (Å²) in [6.07, 6.45) is 5.72. The van der Waals surface area contributed by atoms with E-state index < -0.39 is 0 Å². The Hall–Kier alpha value is -1.90. The molecule has 14 heavy (non-hydrogen) atoms. The van der Waals surface area contributed by atoms with E-state index in [0.29, 0.717) is 0 Å². The van der Waals surface area contributed by atoms with Crippen molar-refractivity contribution in [3.63, 3.8) is 0 Å². The summed E-state index contributed by atoms with van der Waals surface area (Å²) in [5.74, 6) is 1.55. The van der Waals surface area contributed by atoms with Crippen LogP contribution in [0, 0.1) is 0 Å². The highest BCUT2D eigenvalue weighted by Gasteiger charge is 2.03. The summed E-state index contributed by atoms with van der Waals surface area (Å²) in [5.41, 5.74) is 3.05. The van der Waals surface area contributed by atoms with Crippen molar-refractivity contribution < 1.29 is 4.74 Å². The average molecular weight is 188 g/mol. The molecule has 0 saturated heterocycles. The fourth-order valence-electron chi connectivity index (χ4n) is 1.18. The minimum Gasteiger partial charge on any atom is -0.440 e. The predicted molar refractivity (Wildman–Crippen MR) is 55.2 cm³/mol. The lowest BCUT2D eigenvalue weighted by atomic mass is 10.3. The van der Waals surface area contributed by atoms with E-state index in [4.69, 9.17) is 4.74 Å². The fourth-order valence-corrected chi connectivity index (χ4v) is 1.18. The van der Waals surface area contributed by atoms with Crippen LogP contribution in [-0.4, -0.2) is 12.1 Å². The van der Waals surface area contributed by atoms with Crippen molar-refractivity contribution in [3.8, 4) is 5.75 Å². The van der Waals surface area contributed by atoms with Crippen LogP contribution in [0.5, 0.6) is 5.75 Å². The first-order chi connectivity index (χ1) is 6.84. The van der Waals surface area contributed by atoms with Gasteiger partial charge in [-0.2, -0.15) is 0 Å². The topological polar surface area (TPSA) is 24.5 Å². The Labute approximate surface area is 83.3 Å². The summed E-state index contributed by atoms with van der Waals surface area (Å²) >= 11 is 0. The number of hydrogen-bond donors (Lipinski definition) is 1. The zero-order chi connectivity index (χ0) is 9.80.